The molecule has 174 valence electrons. The van der Waals surface area contributed by atoms with Crippen LogP contribution in [0.4, 0.5) is 4.79 Å². The van der Waals surface area contributed by atoms with Crippen LogP contribution in [0.15, 0.2) is 30.3 Å². The Labute approximate surface area is 187 Å². The van der Waals surface area contributed by atoms with Crippen molar-refractivity contribution in [2.75, 3.05) is 19.6 Å². The summed E-state index contributed by atoms with van der Waals surface area (Å²) in [6, 6.07) is 8.46. The van der Waals surface area contributed by atoms with Crippen LogP contribution >= 0.6 is 0 Å². The lowest BCUT2D eigenvalue weighted by Gasteiger charge is -2.41. The molecule has 9 heteroatoms. The van der Waals surface area contributed by atoms with Crippen molar-refractivity contribution in [3.63, 3.8) is 0 Å². The zero-order chi connectivity index (χ0) is 23.5. The fourth-order valence-corrected chi connectivity index (χ4v) is 4.62. The average Bonchev–Trinajstić information content (AvgIpc) is 3.13. The second-order valence-corrected chi connectivity index (χ2v) is 9.31. The number of piperidine rings is 1. The highest BCUT2D eigenvalue weighted by Gasteiger charge is 2.50. The number of ether oxygens (including phenoxy) is 1. The molecule has 0 aromatic heterocycles. The number of hydrogen-bond donors (Lipinski definition) is 2. The number of carboxylic acid groups (broad SMARTS) is 1. The predicted octanol–water partition coefficient (Wildman–Crippen LogP) is 2.01. The summed E-state index contributed by atoms with van der Waals surface area (Å²) in [6.45, 7) is 6.06. The van der Waals surface area contributed by atoms with E-state index in [1.807, 2.05) is 30.3 Å². The van der Waals surface area contributed by atoms with Crippen LogP contribution in [0.1, 0.15) is 45.6 Å². The quantitative estimate of drug-likeness (QED) is 0.716. The van der Waals surface area contributed by atoms with E-state index in [0.717, 1.165) is 5.56 Å². The summed E-state index contributed by atoms with van der Waals surface area (Å²) in [4.78, 5) is 51.9. The molecule has 1 aromatic carbocycles. The van der Waals surface area contributed by atoms with E-state index in [9.17, 15) is 24.3 Å². The van der Waals surface area contributed by atoms with Crippen molar-refractivity contribution in [3.8, 4) is 0 Å². The average molecular weight is 446 g/mol. The zero-order valence-corrected chi connectivity index (χ0v) is 18.8. The molecular formula is C23H31N3O6. The molecule has 2 aliphatic heterocycles. The molecular weight excluding hydrogens is 414 g/mol. The lowest BCUT2D eigenvalue weighted by molar-refractivity contribution is -0.147. The first-order chi connectivity index (χ1) is 15.0. The number of likely N-dealkylation sites (tertiary alicyclic amines) is 2. The topological polar surface area (TPSA) is 116 Å². The molecule has 0 aliphatic carbocycles. The summed E-state index contributed by atoms with van der Waals surface area (Å²) >= 11 is 0. The van der Waals surface area contributed by atoms with Crippen LogP contribution in [0.25, 0.3) is 0 Å². The summed E-state index contributed by atoms with van der Waals surface area (Å²) < 4.78 is 5.23. The molecule has 3 amide bonds. The van der Waals surface area contributed by atoms with Gasteiger partial charge >= 0.3 is 12.1 Å². The third-order valence-electron chi connectivity index (χ3n) is 6.47. The van der Waals surface area contributed by atoms with Crippen LogP contribution in [0.2, 0.25) is 0 Å². The summed E-state index contributed by atoms with van der Waals surface area (Å²) in [7, 11) is 0. The van der Waals surface area contributed by atoms with Crippen LogP contribution in [-0.2, 0) is 25.7 Å². The molecule has 32 heavy (non-hydrogen) atoms. The summed E-state index contributed by atoms with van der Waals surface area (Å²) in [6.07, 6.45) is 0.955. The zero-order valence-electron chi connectivity index (χ0n) is 18.8. The molecule has 1 aromatic rings. The van der Waals surface area contributed by atoms with Crippen molar-refractivity contribution < 1.29 is 29.0 Å². The van der Waals surface area contributed by atoms with E-state index in [-0.39, 0.29) is 23.8 Å². The highest BCUT2D eigenvalue weighted by molar-refractivity contribution is 5.89. The molecule has 2 aliphatic rings. The fraction of sp³-hybridized carbons (Fsp3) is 0.565. The van der Waals surface area contributed by atoms with E-state index in [1.54, 1.807) is 18.7 Å². The third kappa shape index (κ3) is 5.20. The molecule has 1 unspecified atom stereocenters. The summed E-state index contributed by atoms with van der Waals surface area (Å²) in [5, 5.41) is 12.1. The predicted molar refractivity (Wildman–Crippen MR) is 116 cm³/mol. The monoisotopic (exact) mass is 445 g/mol. The van der Waals surface area contributed by atoms with Crippen LogP contribution in [-0.4, -0.2) is 70.0 Å². The Bertz CT molecular complexity index is 853. The Morgan fingerprint density at radius 1 is 1.16 bits per heavy atom. The van der Waals surface area contributed by atoms with Crippen LogP contribution < -0.4 is 5.32 Å². The largest absolute Gasteiger partial charge is 0.480 e. The molecule has 2 fully saturated rings. The maximum absolute atomic E-state index is 13.1. The normalized spacial score (nSPS) is 20.2. The number of nitrogens with zero attached hydrogens (tertiary/aromatic N) is 2. The Balaban J connectivity index is 1.54. The van der Waals surface area contributed by atoms with E-state index in [2.05, 4.69) is 5.32 Å². The SMILES string of the molecule is CC(=O)N1CC2(CCN(C(=O)C(C)(C)NC(=O)OCc3ccccc3)CC2)CC1C(=O)O. The number of carbonyl (C=O) groups is 4. The molecule has 2 N–H and O–H groups in total. The van der Waals surface area contributed by atoms with E-state index >= 15 is 0 Å². The molecule has 1 atom stereocenters. The molecule has 1 spiro atoms. The maximum atomic E-state index is 13.1. The van der Waals surface area contributed by atoms with Gasteiger partial charge in [0.05, 0.1) is 0 Å². The highest BCUT2D eigenvalue weighted by Crippen LogP contribution is 2.43. The van der Waals surface area contributed by atoms with E-state index in [0.29, 0.717) is 38.9 Å². The number of hydrogen-bond acceptors (Lipinski definition) is 5. The molecule has 0 bridgehead atoms. The Morgan fingerprint density at radius 2 is 1.78 bits per heavy atom. The summed E-state index contributed by atoms with van der Waals surface area (Å²) in [5.74, 6) is -1.46. The number of amides is 3. The van der Waals surface area contributed by atoms with Crippen molar-refractivity contribution in [2.24, 2.45) is 5.41 Å². The first-order valence-electron chi connectivity index (χ1n) is 10.8. The molecule has 0 saturated carbocycles. The molecule has 2 heterocycles. The third-order valence-corrected chi connectivity index (χ3v) is 6.47. The highest BCUT2D eigenvalue weighted by atomic mass is 16.5. The van der Waals surface area contributed by atoms with Gasteiger partial charge in [0, 0.05) is 26.6 Å². The minimum Gasteiger partial charge on any atom is -0.480 e. The molecule has 2 saturated heterocycles. The fourth-order valence-electron chi connectivity index (χ4n) is 4.62. The Kier molecular flexibility index (Phi) is 6.76. The number of alkyl carbamates (subject to hydrolysis) is 1. The molecule has 3 rings (SSSR count). The van der Waals surface area contributed by atoms with Gasteiger partial charge in [-0.2, -0.15) is 0 Å². The number of carboxylic acids is 1. The lowest BCUT2D eigenvalue weighted by Crippen LogP contribution is -2.58. The molecule has 9 nitrogen and oxygen atoms in total. The number of nitrogens with one attached hydrogen (secondary N) is 1. The van der Waals surface area contributed by atoms with Crippen molar-refractivity contribution >= 4 is 23.9 Å². The van der Waals surface area contributed by atoms with Gasteiger partial charge < -0.3 is 25.0 Å². The Hall–Kier alpha value is -3.10. The molecule has 0 radical (unpaired) electrons. The summed E-state index contributed by atoms with van der Waals surface area (Å²) in [5.41, 5.74) is -0.593. The number of rotatable bonds is 5. The van der Waals surface area contributed by atoms with Crippen LogP contribution in [0, 0.1) is 5.41 Å². The second-order valence-electron chi connectivity index (χ2n) is 9.31. The van der Waals surface area contributed by atoms with Gasteiger partial charge in [-0.25, -0.2) is 9.59 Å². The van der Waals surface area contributed by atoms with Gasteiger partial charge in [0.25, 0.3) is 0 Å². The van der Waals surface area contributed by atoms with Gasteiger partial charge in [-0.05, 0) is 44.1 Å². The Morgan fingerprint density at radius 3 is 2.31 bits per heavy atom. The van der Waals surface area contributed by atoms with Crippen molar-refractivity contribution in [1.29, 1.82) is 0 Å². The first-order valence-corrected chi connectivity index (χ1v) is 10.8. The number of aliphatic carboxylic acids is 1. The van der Waals surface area contributed by atoms with Gasteiger partial charge in [0.2, 0.25) is 11.8 Å². The van der Waals surface area contributed by atoms with Gasteiger partial charge in [0.1, 0.15) is 18.2 Å². The smallest absolute Gasteiger partial charge is 0.408 e. The second kappa shape index (κ2) is 9.18. The van der Waals surface area contributed by atoms with E-state index in [4.69, 9.17) is 4.74 Å². The maximum Gasteiger partial charge on any atom is 0.408 e. The number of benzene rings is 1. The lowest BCUT2D eigenvalue weighted by atomic mass is 9.76. The van der Waals surface area contributed by atoms with Crippen molar-refractivity contribution in [2.45, 2.75) is 58.2 Å². The van der Waals surface area contributed by atoms with Gasteiger partial charge in [-0.1, -0.05) is 30.3 Å². The van der Waals surface area contributed by atoms with Crippen molar-refractivity contribution in [1.82, 2.24) is 15.1 Å². The number of carbonyl (C=O) groups excluding carboxylic acids is 3. The van der Waals surface area contributed by atoms with Gasteiger partial charge in [-0.3, -0.25) is 9.59 Å². The van der Waals surface area contributed by atoms with Gasteiger partial charge in [-0.15, -0.1) is 0 Å². The van der Waals surface area contributed by atoms with Crippen LogP contribution in [0.5, 0.6) is 0 Å². The van der Waals surface area contributed by atoms with E-state index < -0.39 is 23.6 Å². The van der Waals surface area contributed by atoms with Crippen molar-refractivity contribution in [3.05, 3.63) is 35.9 Å². The van der Waals surface area contributed by atoms with E-state index in [1.165, 1.54) is 11.8 Å². The standard InChI is InChI=1S/C23H31N3O6/c1-16(27)26-15-23(13-18(26)19(28)29)9-11-25(12-10-23)20(30)22(2,3)24-21(31)32-14-17-7-5-4-6-8-17/h4-8,18H,9-15H2,1-3H3,(H,24,31)(H,28,29). The van der Waals surface area contributed by atoms with Crippen LogP contribution in [0.3, 0.4) is 0 Å². The minimum atomic E-state index is -1.15. The van der Waals surface area contributed by atoms with Gasteiger partial charge in [0.15, 0.2) is 0 Å². The minimum absolute atomic E-state index is 0.112. The first kappa shape index (κ1) is 23.6.